The molecule has 5 aromatic rings. The molecule has 1 aliphatic heterocycles. The van der Waals surface area contributed by atoms with Crippen molar-refractivity contribution in [1.82, 2.24) is 24.4 Å². The van der Waals surface area contributed by atoms with Crippen molar-refractivity contribution in [2.45, 2.75) is 39.3 Å². The fourth-order valence-corrected chi connectivity index (χ4v) is 5.44. The summed E-state index contributed by atoms with van der Waals surface area (Å²) in [5, 5.41) is 4.08. The third-order valence-electron chi connectivity index (χ3n) is 7.53. The van der Waals surface area contributed by atoms with E-state index in [9.17, 15) is 4.79 Å². The molecule has 0 bridgehead atoms. The number of nitrogens with one attached hydrogen (secondary N) is 1. The number of hydrogen-bond donors (Lipinski definition) is 1. The van der Waals surface area contributed by atoms with Gasteiger partial charge in [0.15, 0.2) is 0 Å². The van der Waals surface area contributed by atoms with Crippen molar-refractivity contribution in [3.63, 3.8) is 0 Å². The van der Waals surface area contributed by atoms with Crippen LogP contribution in [0.1, 0.15) is 31.9 Å². The van der Waals surface area contributed by atoms with E-state index in [-0.39, 0.29) is 17.7 Å². The van der Waals surface area contributed by atoms with E-state index >= 15 is 0 Å². The van der Waals surface area contributed by atoms with Crippen molar-refractivity contribution in [2.24, 2.45) is 0 Å². The Bertz CT molecular complexity index is 1750. The van der Waals surface area contributed by atoms with Crippen LogP contribution in [0.4, 0.5) is 11.6 Å². The molecule has 1 saturated heterocycles. The van der Waals surface area contributed by atoms with E-state index < -0.39 is 0 Å². The van der Waals surface area contributed by atoms with Crippen LogP contribution < -0.4 is 15.6 Å². The molecule has 41 heavy (non-hydrogen) atoms. The molecule has 2 aromatic carbocycles. The fraction of sp³-hybridized carbons (Fsp3) is 0.273. The van der Waals surface area contributed by atoms with Gasteiger partial charge in [-0.15, -0.1) is 0 Å². The van der Waals surface area contributed by atoms with E-state index in [0.29, 0.717) is 17.2 Å². The van der Waals surface area contributed by atoms with Crippen LogP contribution in [-0.4, -0.2) is 50.7 Å². The zero-order valence-corrected chi connectivity index (χ0v) is 23.8. The number of pyridine rings is 2. The zero-order chi connectivity index (χ0) is 28.5. The lowest BCUT2D eigenvalue weighted by atomic mass is 9.97. The summed E-state index contributed by atoms with van der Waals surface area (Å²) >= 11 is 0. The molecule has 3 aromatic heterocycles. The second kappa shape index (κ2) is 11.1. The predicted octanol–water partition coefficient (Wildman–Crippen LogP) is 6.24. The molecule has 1 fully saturated rings. The standard InChI is InChI=1S/C33H34N6O2/c1-21(2)39-31-24(18-29(32(39)40)28-13-8-23(17-22(28)3)30-7-5-6-15-34-30)19-35-33(37-31)36-25-9-11-26(12-10-25)41-27-14-16-38(4)20-27/h5-13,15,17-19,21,27H,14,16,20H2,1-4H3,(H,35,36,37). The number of likely N-dealkylation sites (tertiary alicyclic amines) is 1. The summed E-state index contributed by atoms with van der Waals surface area (Å²) in [5.41, 5.74) is 5.80. The first-order valence-electron chi connectivity index (χ1n) is 14.0. The van der Waals surface area contributed by atoms with Crippen LogP contribution in [0.25, 0.3) is 33.4 Å². The summed E-state index contributed by atoms with van der Waals surface area (Å²) in [6, 6.07) is 21.6. The number of likely N-dealkylation sites (N-methyl/N-ethyl adjacent to an activating group) is 1. The van der Waals surface area contributed by atoms with Crippen LogP contribution >= 0.6 is 0 Å². The van der Waals surface area contributed by atoms with Crippen molar-refractivity contribution in [3.8, 4) is 28.1 Å². The highest BCUT2D eigenvalue weighted by atomic mass is 16.5. The Kier molecular flexibility index (Phi) is 7.24. The minimum Gasteiger partial charge on any atom is -0.489 e. The molecule has 1 aliphatic rings. The van der Waals surface area contributed by atoms with Gasteiger partial charge in [0.05, 0.1) is 5.69 Å². The van der Waals surface area contributed by atoms with Gasteiger partial charge in [-0.1, -0.05) is 18.2 Å². The largest absolute Gasteiger partial charge is 0.489 e. The molecule has 1 atom stereocenters. The van der Waals surface area contributed by atoms with Gasteiger partial charge in [-0.2, -0.15) is 4.98 Å². The monoisotopic (exact) mass is 546 g/mol. The lowest BCUT2D eigenvalue weighted by Gasteiger charge is -2.17. The van der Waals surface area contributed by atoms with Gasteiger partial charge in [0.2, 0.25) is 5.95 Å². The van der Waals surface area contributed by atoms with Gasteiger partial charge < -0.3 is 15.0 Å². The van der Waals surface area contributed by atoms with E-state index in [1.807, 2.05) is 81.4 Å². The number of rotatable bonds is 7. The Hall–Kier alpha value is -4.56. The molecule has 4 heterocycles. The number of ether oxygens (including phenoxy) is 1. The summed E-state index contributed by atoms with van der Waals surface area (Å²) in [6.07, 6.45) is 4.82. The summed E-state index contributed by atoms with van der Waals surface area (Å²) in [5.74, 6) is 1.28. The Balaban J connectivity index is 1.30. The van der Waals surface area contributed by atoms with E-state index in [1.165, 1.54) is 0 Å². The molecule has 208 valence electrons. The number of hydrogen-bond acceptors (Lipinski definition) is 7. The highest BCUT2D eigenvalue weighted by Crippen LogP contribution is 2.29. The second-order valence-corrected chi connectivity index (χ2v) is 11.0. The highest BCUT2D eigenvalue weighted by molar-refractivity contribution is 5.83. The Morgan fingerprint density at radius 1 is 1.00 bits per heavy atom. The molecule has 0 saturated carbocycles. The molecule has 0 amide bonds. The molecule has 0 spiro atoms. The van der Waals surface area contributed by atoms with Crippen LogP contribution in [-0.2, 0) is 0 Å². The summed E-state index contributed by atoms with van der Waals surface area (Å²) in [4.78, 5) is 29.9. The minimum atomic E-state index is -0.0909. The van der Waals surface area contributed by atoms with Crippen LogP contribution in [0.5, 0.6) is 5.75 Å². The third kappa shape index (κ3) is 5.56. The average molecular weight is 547 g/mol. The molecule has 6 rings (SSSR count). The first-order valence-corrected chi connectivity index (χ1v) is 14.0. The van der Waals surface area contributed by atoms with Crippen LogP contribution in [0.15, 0.2) is 83.9 Å². The predicted molar refractivity (Wildman–Crippen MR) is 164 cm³/mol. The van der Waals surface area contributed by atoms with Gasteiger partial charge in [0.25, 0.3) is 5.56 Å². The molecular weight excluding hydrogens is 512 g/mol. The number of benzene rings is 2. The van der Waals surface area contributed by atoms with Gasteiger partial charge in [0, 0.05) is 53.7 Å². The molecule has 1 N–H and O–H groups in total. The molecule has 8 nitrogen and oxygen atoms in total. The van der Waals surface area contributed by atoms with Crippen molar-refractivity contribution < 1.29 is 4.74 Å². The van der Waals surface area contributed by atoms with Crippen LogP contribution in [0.2, 0.25) is 0 Å². The molecule has 1 unspecified atom stereocenters. The number of aromatic nitrogens is 4. The lowest BCUT2D eigenvalue weighted by Crippen LogP contribution is -2.25. The first kappa shape index (κ1) is 26.7. The Labute approximate surface area is 239 Å². The molecular formula is C33H34N6O2. The maximum absolute atomic E-state index is 13.9. The van der Waals surface area contributed by atoms with E-state index in [4.69, 9.17) is 9.72 Å². The quantitative estimate of drug-likeness (QED) is 0.259. The van der Waals surface area contributed by atoms with Gasteiger partial charge in [-0.05, 0) is 93.9 Å². The topological polar surface area (TPSA) is 85.2 Å². The number of aryl methyl sites for hydroxylation is 1. The average Bonchev–Trinajstić information content (AvgIpc) is 3.38. The van der Waals surface area contributed by atoms with Gasteiger partial charge in [-0.3, -0.25) is 14.3 Å². The van der Waals surface area contributed by atoms with Crippen molar-refractivity contribution >= 4 is 22.7 Å². The molecule has 8 heteroatoms. The summed E-state index contributed by atoms with van der Waals surface area (Å²) < 4.78 is 7.86. The van der Waals surface area contributed by atoms with Crippen LogP contribution in [0.3, 0.4) is 0 Å². The maximum atomic E-state index is 13.9. The zero-order valence-electron chi connectivity index (χ0n) is 23.8. The SMILES string of the molecule is Cc1cc(-c2ccccn2)ccc1-c1cc2cnc(Nc3ccc(OC4CCN(C)C4)cc3)nc2n(C(C)C)c1=O. The Morgan fingerprint density at radius 2 is 1.83 bits per heavy atom. The number of fused-ring (bicyclic) bond motifs is 1. The summed E-state index contributed by atoms with van der Waals surface area (Å²) in [6.45, 7) is 8.03. The van der Waals surface area contributed by atoms with Crippen LogP contribution in [0, 0.1) is 6.92 Å². The fourth-order valence-electron chi connectivity index (χ4n) is 5.44. The van der Waals surface area contributed by atoms with Crippen molar-refractivity contribution in [3.05, 3.63) is 95.0 Å². The lowest BCUT2D eigenvalue weighted by molar-refractivity contribution is 0.208. The number of anilines is 2. The first-order chi connectivity index (χ1) is 19.9. The Morgan fingerprint density at radius 3 is 2.51 bits per heavy atom. The molecule has 0 radical (unpaired) electrons. The third-order valence-corrected chi connectivity index (χ3v) is 7.53. The van der Waals surface area contributed by atoms with Crippen molar-refractivity contribution in [1.29, 1.82) is 0 Å². The number of nitrogens with zero attached hydrogens (tertiary/aromatic N) is 5. The normalized spacial score (nSPS) is 15.5. The summed E-state index contributed by atoms with van der Waals surface area (Å²) in [7, 11) is 2.11. The molecule has 0 aliphatic carbocycles. The van der Waals surface area contributed by atoms with E-state index in [2.05, 4.69) is 33.3 Å². The van der Waals surface area contributed by atoms with Gasteiger partial charge in [-0.25, -0.2) is 4.98 Å². The second-order valence-electron chi connectivity index (χ2n) is 11.0. The smallest absolute Gasteiger partial charge is 0.260 e. The maximum Gasteiger partial charge on any atom is 0.260 e. The van der Waals surface area contributed by atoms with Gasteiger partial charge in [0.1, 0.15) is 17.5 Å². The van der Waals surface area contributed by atoms with E-state index in [0.717, 1.165) is 58.7 Å². The highest BCUT2D eigenvalue weighted by Gasteiger charge is 2.21. The van der Waals surface area contributed by atoms with Crippen molar-refractivity contribution in [2.75, 3.05) is 25.5 Å². The minimum absolute atomic E-state index is 0.0788. The van der Waals surface area contributed by atoms with Gasteiger partial charge >= 0.3 is 0 Å². The van der Waals surface area contributed by atoms with E-state index in [1.54, 1.807) is 17.0 Å².